The van der Waals surface area contributed by atoms with Crippen LogP contribution in [0, 0.1) is 12.8 Å². The second kappa shape index (κ2) is 6.22. The van der Waals surface area contributed by atoms with E-state index in [0.717, 1.165) is 29.5 Å². The Labute approximate surface area is 116 Å². The lowest BCUT2D eigenvalue weighted by Crippen LogP contribution is -2.21. The SMILES string of the molecule is CCc1nc(N)c(C)c(NC2CCCC(C)CC2)n1. The van der Waals surface area contributed by atoms with E-state index in [4.69, 9.17) is 5.73 Å². The molecule has 19 heavy (non-hydrogen) atoms. The highest BCUT2D eigenvalue weighted by atomic mass is 15.1. The number of aryl methyl sites for hydroxylation is 1. The molecule has 0 aromatic carbocycles. The van der Waals surface area contributed by atoms with Crippen LogP contribution in [0.3, 0.4) is 0 Å². The van der Waals surface area contributed by atoms with E-state index in [0.29, 0.717) is 11.9 Å². The minimum absolute atomic E-state index is 0.530. The number of anilines is 2. The van der Waals surface area contributed by atoms with E-state index in [9.17, 15) is 0 Å². The maximum Gasteiger partial charge on any atom is 0.134 e. The summed E-state index contributed by atoms with van der Waals surface area (Å²) in [6, 6.07) is 0.530. The second-order valence-corrected chi connectivity index (χ2v) is 5.81. The standard InChI is InChI=1S/C15H26N4/c1-4-13-18-14(16)11(3)15(19-13)17-12-7-5-6-10(2)8-9-12/h10,12H,4-9H2,1-3H3,(H3,16,17,18,19). The fourth-order valence-electron chi connectivity index (χ4n) is 2.71. The zero-order valence-corrected chi connectivity index (χ0v) is 12.4. The molecule has 4 nitrogen and oxygen atoms in total. The molecule has 1 heterocycles. The summed E-state index contributed by atoms with van der Waals surface area (Å²) in [5, 5.41) is 3.59. The molecule has 2 unspecified atom stereocenters. The molecule has 0 amide bonds. The number of nitrogens with one attached hydrogen (secondary N) is 1. The number of nitrogen functional groups attached to an aromatic ring is 1. The Kier molecular flexibility index (Phi) is 4.61. The Balaban J connectivity index is 2.11. The van der Waals surface area contributed by atoms with Crippen molar-refractivity contribution in [1.29, 1.82) is 0 Å². The molecule has 106 valence electrons. The minimum Gasteiger partial charge on any atom is -0.383 e. The third-order valence-electron chi connectivity index (χ3n) is 4.14. The molecule has 1 aliphatic rings. The van der Waals surface area contributed by atoms with Crippen molar-refractivity contribution in [2.75, 3.05) is 11.1 Å². The summed E-state index contributed by atoms with van der Waals surface area (Å²) < 4.78 is 0. The lowest BCUT2D eigenvalue weighted by atomic mass is 10.0. The first-order valence-electron chi connectivity index (χ1n) is 7.49. The summed E-state index contributed by atoms with van der Waals surface area (Å²) in [6.07, 6.45) is 7.24. The summed E-state index contributed by atoms with van der Waals surface area (Å²) in [4.78, 5) is 8.90. The van der Waals surface area contributed by atoms with Gasteiger partial charge in [0.2, 0.25) is 0 Å². The zero-order chi connectivity index (χ0) is 13.8. The van der Waals surface area contributed by atoms with Crippen LogP contribution in [0.15, 0.2) is 0 Å². The van der Waals surface area contributed by atoms with Gasteiger partial charge in [0.05, 0.1) is 0 Å². The molecule has 1 fully saturated rings. The first kappa shape index (κ1) is 14.1. The molecule has 1 aliphatic carbocycles. The van der Waals surface area contributed by atoms with Gasteiger partial charge in [-0.15, -0.1) is 0 Å². The average molecular weight is 262 g/mol. The van der Waals surface area contributed by atoms with Gasteiger partial charge in [0, 0.05) is 18.0 Å². The van der Waals surface area contributed by atoms with Crippen molar-refractivity contribution < 1.29 is 0 Å². The van der Waals surface area contributed by atoms with Gasteiger partial charge in [-0.1, -0.05) is 26.7 Å². The van der Waals surface area contributed by atoms with E-state index in [1.807, 2.05) is 6.92 Å². The van der Waals surface area contributed by atoms with Crippen molar-refractivity contribution in [3.05, 3.63) is 11.4 Å². The van der Waals surface area contributed by atoms with Crippen LogP contribution < -0.4 is 11.1 Å². The van der Waals surface area contributed by atoms with Gasteiger partial charge in [-0.25, -0.2) is 9.97 Å². The van der Waals surface area contributed by atoms with Gasteiger partial charge in [0.1, 0.15) is 17.5 Å². The average Bonchev–Trinajstić information content (AvgIpc) is 2.59. The minimum atomic E-state index is 0.530. The second-order valence-electron chi connectivity index (χ2n) is 5.81. The molecular formula is C15H26N4. The summed E-state index contributed by atoms with van der Waals surface area (Å²) in [5.74, 6) is 3.22. The molecule has 0 spiro atoms. The topological polar surface area (TPSA) is 63.8 Å². The van der Waals surface area contributed by atoms with Crippen LogP contribution in [-0.4, -0.2) is 16.0 Å². The van der Waals surface area contributed by atoms with E-state index in [-0.39, 0.29) is 0 Å². The Bertz CT molecular complexity index is 430. The monoisotopic (exact) mass is 262 g/mol. The lowest BCUT2D eigenvalue weighted by molar-refractivity contribution is 0.501. The fourth-order valence-corrected chi connectivity index (χ4v) is 2.71. The maximum atomic E-state index is 5.96. The zero-order valence-electron chi connectivity index (χ0n) is 12.4. The van der Waals surface area contributed by atoms with E-state index in [1.54, 1.807) is 0 Å². The summed E-state index contributed by atoms with van der Waals surface area (Å²) >= 11 is 0. The molecule has 1 aromatic rings. The van der Waals surface area contributed by atoms with Crippen molar-refractivity contribution in [3.63, 3.8) is 0 Å². The Morgan fingerprint density at radius 2 is 2.00 bits per heavy atom. The number of nitrogens with two attached hydrogens (primary N) is 1. The van der Waals surface area contributed by atoms with Crippen LogP contribution in [0.2, 0.25) is 0 Å². The number of nitrogens with zero attached hydrogens (tertiary/aromatic N) is 2. The molecule has 0 saturated heterocycles. The Hall–Kier alpha value is -1.32. The summed E-state index contributed by atoms with van der Waals surface area (Å²) in [6.45, 7) is 6.41. The van der Waals surface area contributed by atoms with Gasteiger partial charge < -0.3 is 11.1 Å². The number of hydrogen-bond acceptors (Lipinski definition) is 4. The molecular weight excluding hydrogens is 236 g/mol. The van der Waals surface area contributed by atoms with Crippen molar-refractivity contribution in [3.8, 4) is 0 Å². The highest BCUT2D eigenvalue weighted by molar-refractivity contribution is 5.55. The third-order valence-corrected chi connectivity index (χ3v) is 4.14. The van der Waals surface area contributed by atoms with Crippen molar-refractivity contribution in [1.82, 2.24) is 9.97 Å². The van der Waals surface area contributed by atoms with E-state index in [2.05, 4.69) is 29.1 Å². The van der Waals surface area contributed by atoms with Crippen molar-refractivity contribution in [2.24, 2.45) is 5.92 Å². The molecule has 2 atom stereocenters. The predicted molar refractivity (Wildman–Crippen MR) is 80.2 cm³/mol. The number of hydrogen-bond donors (Lipinski definition) is 2. The first-order valence-corrected chi connectivity index (χ1v) is 7.49. The van der Waals surface area contributed by atoms with Crippen LogP contribution >= 0.6 is 0 Å². The first-order chi connectivity index (χ1) is 9.10. The smallest absolute Gasteiger partial charge is 0.134 e. The Morgan fingerprint density at radius 1 is 1.21 bits per heavy atom. The number of rotatable bonds is 3. The summed E-state index contributed by atoms with van der Waals surface area (Å²) in [5.41, 5.74) is 6.94. The molecule has 1 aromatic heterocycles. The predicted octanol–water partition coefficient (Wildman–Crippen LogP) is 3.31. The molecule has 2 rings (SSSR count). The molecule has 0 bridgehead atoms. The maximum absolute atomic E-state index is 5.96. The van der Waals surface area contributed by atoms with Gasteiger partial charge in [0.25, 0.3) is 0 Å². The molecule has 4 heteroatoms. The van der Waals surface area contributed by atoms with Gasteiger partial charge in [-0.2, -0.15) is 0 Å². The van der Waals surface area contributed by atoms with Gasteiger partial charge in [0.15, 0.2) is 0 Å². The number of aromatic nitrogens is 2. The molecule has 0 aliphatic heterocycles. The summed E-state index contributed by atoms with van der Waals surface area (Å²) in [7, 11) is 0. The van der Waals surface area contributed by atoms with Crippen LogP contribution in [0.25, 0.3) is 0 Å². The molecule has 3 N–H and O–H groups in total. The highest BCUT2D eigenvalue weighted by Crippen LogP contribution is 2.26. The van der Waals surface area contributed by atoms with Gasteiger partial charge >= 0.3 is 0 Å². The van der Waals surface area contributed by atoms with E-state index < -0.39 is 0 Å². The van der Waals surface area contributed by atoms with E-state index in [1.165, 1.54) is 32.1 Å². The van der Waals surface area contributed by atoms with Gasteiger partial charge in [-0.05, 0) is 32.1 Å². The molecule has 1 saturated carbocycles. The van der Waals surface area contributed by atoms with Crippen molar-refractivity contribution >= 4 is 11.6 Å². The normalized spacial score (nSPS) is 23.9. The lowest BCUT2D eigenvalue weighted by Gasteiger charge is -2.19. The van der Waals surface area contributed by atoms with Crippen LogP contribution in [0.1, 0.15) is 57.3 Å². The van der Waals surface area contributed by atoms with E-state index >= 15 is 0 Å². The fraction of sp³-hybridized carbons (Fsp3) is 0.733. The highest BCUT2D eigenvalue weighted by Gasteiger charge is 2.18. The third kappa shape index (κ3) is 3.58. The van der Waals surface area contributed by atoms with Gasteiger partial charge in [-0.3, -0.25) is 0 Å². The van der Waals surface area contributed by atoms with Crippen LogP contribution in [0.4, 0.5) is 11.6 Å². The largest absolute Gasteiger partial charge is 0.383 e. The Morgan fingerprint density at radius 3 is 2.74 bits per heavy atom. The molecule has 0 radical (unpaired) electrons. The van der Waals surface area contributed by atoms with Crippen LogP contribution in [0.5, 0.6) is 0 Å². The van der Waals surface area contributed by atoms with Crippen LogP contribution in [-0.2, 0) is 6.42 Å². The quantitative estimate of drug-likeness (QED) is 0.820. The van der Waals surface area contributed by atoms with Crippen molar-refractivity contribution in [2.45, 2.75) is 65.3 Å².